The molecule has 0 aliphatic carbocycles. The van der Waals surface area contributed by atoms with E-state index in [2.05, 4.69) is 0 Å². The summed E-state index contributed by atoms with van der Waals surface area (Å²) in [6.45, 7) is 2.21. The van der Waals surface area contributed by atoms with E-state index in [1.165, 1.54) is 24.3 Å². The fourth-order valence-corrected chi connectivity index (χ4v) is 1.17. The molecule has 0 spiro atoms. The van der Waals surface area contributed by atoms with Gasteiger partial charge in [-0.3, -0.25) is 4.79 Å². The Hall–Kier alpha value is -1.98. The molecular formula is C12H10F3O3-. The van der Waals surface area contributed by atoms with Crippen LogP contribution in [0.3, 0.4) is 0 Å². The summed E-state index contributed by atoms with van der Waals surface area (Å²) in [5.41, 5.74) is -0.00365. The van der Waals surface area contributed by atoms with Crippen molar-refractivity contribution < 1.29 is 27.8 Å². The van der Waals surface area contributed by atoms with Crippen LogP contribution in [-0.4, -0.2) is 18.6 Å². The molecular weight excluding hydrogens is 249 g/mol. The highest BCUT2D eigenvalue weighted by atomic mass is 19.4. The van der Waals surface area contributed by atoms with Crippen LogP contribution in [0.25, 0.3) is 5.76 Å². The summed E-state index contributed by atoms with van der Waals surface area (Å²) >= 11 is 0. The first-order valence-electron chi connectivity index (χ1n) is 5.07. The number of hydrogen-bond acceptors (Lipinski definition) is 3. The van der Waals surface area contributed by atoms with Crippen LogP contribution in [0.4, 0.5) is 13.2 Å². The van der Waals surface area contributed by atoms with Gasteiger partial charge >= 0.3 is 6.18 Å². The molecule has 0 heterocycles. The number of halogens is 3. The van der Waals surface area contributed by atoms with Crippen LogP contribution in [-0.2, 0) is 4.79 Å². The van der Waals surface area contributed by atoms with Gasteiger partial charge in [0.05, 0.1) is 6.61 Å². The quantitative estimate of drug-likeness (QED) is 0.613. The second-order valence-electron chi connectivity index (χ2n) is 3.33. The molecule has 0 aromatic heterocycles. The van der Waals surface area contributed by atoms with Gasteiger partial charge in [-0.1, -0.05) is 17.9 Å². The number of hydrogen-bond donors (Lipinski definition) is 0. The summed E-state index contributed by atoms with van der Waals surface area (Å²) in [5.74, 6) is -2.65. The number of ketones is 1. The molecule has 18 heavy (non-hydrogen) atoms. The predicted octanol–water partition coefficient (Wildman–Crippen LogP) is 1.92. The van der Waals surface area contributed by atoms with Gasteiger partial charge in [0.25, 0.3) is 5.78 Å². The molecule has 0 amide bonds. The SMILES string of the molecule is CCOc1ccc(C([O-])=CC(=O)C(F)(F)F)cc1. The van der Waals surface area contributed by atoms with E-state index in [-0.39, 0.29) is 11.6 Å². The normalized spacial score (nSPS) is 12.3. The number of alkyl halides is 3. The number of benzene rings is 1. The first-order chi connectivity index (χ1) is 8.34. The summed E-state index contributed by atoms with van der Waals surface area (Å²) < 4.78 is 40.9. The van der Waals surface area contributed by atoms with Gasteiger partial charge in [-0.05, 0) is 30.7 Å². The van der Waals surface area contributed by atoms with Crippen molar-refractivity contribution in [2.45, 2.75) is 13.1 Å². The zero-order valence-electron chi connectivity index (χ0n) is 9.45. The summed E-state index contributed by atoms with van der Waals surface area (Å²) in [6, 6.07) is 5.49. The maximum Gasteiger partial charge on any atom is 0.454 e. The highest BCUT2D eigenvalue weighted by Gasteiger charge is 2.36. The highest BCUT2D eigenvalue weighted by molar-refractivity contribution is 5.98. The Balaban J connectivity index is 2.87. The van der Waals surface area contributed by atoms with Crippen LogP contribution >= 0.6 is 0 Å². The molecule has 0 unspecified atom stereocenters. The van der Waals surface area contributed by atoms with Crippen molar-refractivity contribution in [2.75, 3.05) is 6.61 Å². The lowest BCUT2D eigenvalue weighted by atomic mass is 10.1. The number of allylic oxidation sites excluding steroid dienone is 1. The molecule has 98 valence electrons. The van der Waals surface area contributed by atoms with Crippen molar-refractivity contribution >= 4 is 11.5 Å². The Kier molecular flexibility index (Phi) is 4.36. The monoisotopic (exact) mass is 259 g/mol. The lowest BCUT2D eigenvalue weighted by Crippen LogP contribution is -2.21. The smallest absolute Gasteiger partial charge is 0.454 e. The van der Waals surface area contributed by atoms with Gasteiger partial charge in [0.15, 0.2) is 0 Å². The van der Waals surface area contributed by atoms with E-state index in [0.29, 0.717) is 12.4 Å². The van der Waals surface area contributed by atoms with Crippen LogP contribution in [0.1, 0.15) is 12.5 Å². The molecule has 1 aromatic carbocycles. The maximum atomic E-state index is 11.9. The zero-order valence-corrected chi connectivity index (χ0v) is 9.45. The molecule has 0 bridgehead atoms. The maximum absolute atomic E-state index is 11.9. The second-order valence-corrected chi connectivity index (χ2v) is 3.33. The molecule has 0 saturated carbocycles. The Morgan fingerprint density at radius 1 is 1.33 bits per heavy atom. The molecule has 1 aromatic rings. The van der Waals surface area contributed by atoms with Crippen molar-refractivity contribution in [2.24, 2.45) is 0 Å². The minimum Gasteiger partial charge on any atom is -0.872 e. The third-order valence-corrected chi connectivity index (χ3v) is 1.99. The Morgan fingerprint density at radius 2 is 1.89 bits per heavy atom. The van der Waals surface area contributed by atoms with Crippen LogP contribution in [0.5, 0.6) is 5.75 Å². The Labute approximate surface area is 101 Å². The molecule has 6 heteroatoms. The summed E-state index contributed by atoms with van der Waals surface area (Å²) in [6.07, 6.45) is -4.99. The second kappa shape index (κ2) is 5.57. The van der Waals surface area contributed by atoms with Gasteiger partial charge < -0.3 is 9.84 Å². The van der Waals surface area contributed by atoms with Crippen molar-refractivity contribution in [3.63, 3.8) is 0 Å². The molecule has 0 aliphatic heterocycles. The molecule has 0 aliphatic rings. The van der Waals surface area contributed by atoms with E-state index in [1.807, 2.05) is 0 Å². The third kappa shape index (κ3) is 3.80. The molecule has 1 rings (SSSR count). The molecule has 0 saturated heterocycles. The first kappa shape index (κ1) is 14.1. The van der Waals surface area contributed by atoms with E-state index >= 15 is 0 Å². The van der Waals surface area contributed by atoms with Crippen molar-refractivity contribution in [1.82, 2.24) is 0 Å². The molecule has 0 radical (unpaired) electrons. The van der Waals surface area contributed by atoms with Crippen molar-refractivity contribution in [3.8, 4) is 5.75 Å². The fraction of sp³-hybridized carbons (Fsp3) is 0.250. The summed E-state index contributed by atoms with van der Waals surface area (Å²) in [7, 11) is 0. The molecule has 0 atom stereocenters. The highest BCUT2D eigenvalue weighted by Crippen LogP contribution is 2.20. The van der Waals surface area contributed by atoms with Crippen LogP contribution in [0.15, 0.2) is 30.3 Å². The number of rotatable bonds is 4. The number of ether oxygens (including phenoxy) is 1. The Morgan fingerprint density at radius 3 is 2.33 bits per heavy atom. The summed E-state index contributed by atoms with van der Waals surface area (Å²) in [4.78, 5) is 10.6. The first-order valence-corrected chi connectivity index (χ1v) is 5.07. The largest absolute Gasteiger partial charge is 0.872 e. The zero-order chi connectivity index (χ0) is 13.8. The van der Waals surface area contributed by atoms with Gasteiger partial charge in [0.2, 0.25) is 0 Å². The van der Waals surface area contributed by atoms with E-state index in [0.717, 1.165) is 0 Å². The molecule has 3 nitrogen and oxygen atoms in total. The van der Waals surface area contributed by atoms with Crippen LogP contribution in [0.2, 0.25) is 0 Å². The Bertz CT molecular complexity index is 447. The van der Waals surface area contributed by atoms with Gasteiger partial charge in [0.1, 0.15) is 5.75 Å². The van der Waals surface area contributed by atoms with Gasteiger partial charge in [-0.25, -0.2) is 0 Å². The average molecular weight is 259 g/mol. The summed E-state index contributed by atoms with van der Waals surface area (Å²) in [5, 5.41) is 11.4. The third-order valence-electron chi connectivity index (χ3n) is 1.99. The minimum atomic E-state index is -5.03. The van der Waals surface area contributed by atoms with E-state index < -0.39 is 17.7 Å². The van der Waals surface area contributed by atoms with Gasteiger partial charge in [-0.2, -0.15) is 13.2 Å². The predicted molar refractivity (Wildman–Crippen MR) is 56.7 cm³/mol. The number of carbonyl (C=O) groups excluding carboxylic acids is 1. The van der Waals surface area contributed by atoms with E-state index in [1.54, 1.807) is 6.92 Å². The van der Waals surface area contributed by atoms with E-state index in [9.17, 15) is 23.1 Å². The lowest BCUT2D eigenvalue weighted by molar-refractivity contribution is -0.244. The minimum absolute atomic E-state index is 0.00365. The van der Waals surface area contributed by atoms with Crippen LogP contribution in [0, 0.1) is 0 Å². The van der Waals surface area contributed by atoms with Crippen LogP contribution < -0.4 is 9.84 Å². The van der Waals surface area contributed by atoms with Crippen molar-refractivity contribution in [3.05, 3.63) is 35.9 Å². The molecule has 0 N–H and O–H groups in total. The van der Waals surface area contributed by atoms with Gasteiger partial charge in [-0.15, -0.1) is 0 Å². The van der Waals surface area contributed by atoms with Gasteiger partial charge in [0, 0.05) is 0 Å². The van der Waals surface area contributed by atoms with Crippen molar-refractivity contribution in [1.29, 1.82) is 0 Å². The lowest BCUT2D eigenvalue weighted by Gasteiger charge is -2.13. The number of carbonyl (C=O) groups is 1. The molecule has 0 fully saturated rings. The average Bonchev–Trinajstić information content (AvgIpc) is 2.29. The fourth-order valence-electron chi connectivity index (χ4n) is 1.17. The topological polar surface area (TPSA) is 49.4 Å². The van der Waals surface area contributed by atoms with E-state index in [4.69, 9.17) is 4.74 Å². The standard InChI is InChI=1S/C12H11F3O3/c1-2-18-9-5-3-8(4-6-9)10(16)7-11(17)12(13,14)15/h3-7,16H,2H2,1H3/p-1.